The van der Waals surface area contributed by atoms with Crippen LogP contribution in [0.2, 0.25) is 0 Å². The number of carbonyl (C=O) groups is 5. The second kappa shape index (κ2) is 11.9. The van der Waals surface area contributed by atoms with E-state index in [0.29, 0.717) is 32.2 Å². The third-order valence-corrected chi connectivity index (χ3v) is 3.42. The molecule has 138 valence electrons. The molecule has 1 aliphatic heterocycles. The van der Waals surface area contributed by atoms with Crippen molar-refractivity contribution >= 4 is 29.9 Å². The van der Waals surface area contributed by atoms with E-state index in [1.54, 1.807) is 0 Å². The first-order valence-electron chi connectivity index (χ1n) is 8.11. The minimum atomic E-state index is -0.409. The van der Waals surface area contributed by atoms with Gasteiger partial charge in [-0.3, -0.25) is 28.9 Å². The van der Waals surface area contributed by atoms with Gasteiger partial charge in [-0.25, -0.2) is 0 Å². The third-order valence-electron chi connectivity index (χ3n) is 3.42. The molecule has 0 aromatic rings. The van der Waals surface area contributed by atoms with Gasteiger partial charge in [-0.15, -0.1) is 0 Å². The van der Waals surface area contributed by atoms with E-state index in [1.807, 2.05) is 0 Å². The molecule has 0 aliphatic carbocycles. The van der Waals surface area contributed by atoms with Gasteiger partial charge in [-0.2, -0.15) is 0 Å². The number of Topliss-reactive ketones (excluding diaryl/α,β-unsaturated/α-hetero) is 1. The molecule has 2 N–H and O–H groups in total. The van der Waals surface area contributed by atoms with Gasteiger partial charge in [0, 0.05) is 51.0 Å². The van der Waals surface area contributed by atoms with Gasteiger partial charge in [0.1, 0.15) is 5.78 Å². The fourth-order valence-corrected chi connectivity index (χ4v) is 2.08. The zero-order valence-electron chi connectivity index (χ0n) is 14.0. The first-order chi connectivity index (χ1) is 12.0. The van der Waals surface area contributed by atoms with Crippen molar-refractivity contribution in [2.45, 2.75) is 25.7 Å². The van der Waals surface area contributed by atoms with Crippen molar-refractivity contribution in [2.75, 3.05) is 32.8 Å². The zero-order valence-corrected chi connectivity index (χ0v) is 14.0. The lowest BCUT2D eigenvalue weighted by Crippen LogP contribution is -2.35. The Labute approximate surface area is 145 Å². The molecule has 1 heterocycles. The summed E-state index contributed by atoms with van der Waals surface area (Å²) in [4.78, 5) is 56.7. The molecule has 0 radical (unpaired) electrons. The van der Waals surface area contributed by atoms with Crippen LogP contribution in [0.4, 0.5) is 0 Å². The van der Waals surface area contributed by atoms with Gasteiger partial charge in [0.05, 0.1) is 13.2 Å². The summed E-state index contributed by atoms with van der Waals surface area (Å²) in [7, 11) is 0. The Bertz CT molecular complexity index is 514. The summed E-state index contributed by atoms with van der Waals surface area (Å²) >= 11 is 0. The van der Waals surface area contributed by atoms with E-state index in [9.17, 15) is 24.0 Å². The first kappa shape index (κ1) is 20.5. The summed E-state index contributed by atoms with van der Waals surface area (Å²) in [5.41, 5.74) is 0. The maximum absolute atomic E-state index is 11.6. The number of hydrogen-bond acceptors (Lipinski definition) is 6. The summed E-state index contributed by atoms with van der Waals surface area (Å²) < 4.78 is 5.26. The summed E-state index contributed by atoms with van der Waals surface area (Å²) in [5.74, 6) is -1.04. The van der Waals surface area contributed by atoms with Crippen molar-refractivity contribution < 1.29 is 28.7 Å². The Balaban J connectivity index is 1.96. The molecule has 4 amide bonds. The van der Waals surface area contributed by atoms with Crippen LogP contribution in [0.3, 0.4) is 0 Å². The number of nitrogens with one attached hydrogen (secondary N) is 2. The molecule has 0 aromatic carbocycles. The van der Waals surface area contributed by atoms with Crippen LogP contribution < -0.4 is 10.6 Å². The molecule has 0 atom stereocenters. The molecule has 0 saturated heterocycles. The number of nitrogens with zero attached hydrogens (tertiary/aromatic N) is 1. The lowest BCUT2D eigenvalue weighted by Gasteiger charge is -2.13. The van der Waals surface area contributed by atoms with Crippen molar-refractivity contribution in [3.05, 3.63) is 12.2 Å². The molecule has 0 saturated carbocycles. The maximum atomic E-state index is 11.6. The van der Waals surface area contributed by atoms with E-state index in [1.165, 1.54) is 12.2 Å². The van der Waals surface area contributed by atoms with E-state index in [-0.39, 0.29) is 44.4 Å². The van der Waals surface area contributed by atoms with Crippen LogP contribution >= 0.6 is 0 Å². The quantitative estimate of drug-likeness (QED) is 0.233. The average Bonchev–Trinajstić information content (AvgIpc) is 2.91. The number of ether oxygens (including phenoxy) is 1. The Morgan fingerprint density at radius 2 is 1.76 bits per heavy atom. The largest absolute Gasteiger partial charge is 0.379 e. The van der Waals surface area contributed by atoms with Crippen LogP contribution in [0.1, 0.15) is 25.7 Å². The van der Waals surface area contributed by atoms with E-state index in [0.717, 1.165) is 4.90 Å². The lowest BCUT2D eigenvalue weighted by atomic mass is 10.2. The first-order valence-corrected chi connectivity index (χ1v) is 8.11. The van der Waals surface area contributed by atoms with Gasteiger partial charge < -0.3 is 15.4 Å². The SMILES string of the molecule is O=CNCCCC(=O)CCOCCNC(=O)CCN1C(=O)C=CC1=O. The summed E-state index contributed by atoms with van der Waals surface area (Å²) in [6.45, 7) is 1.36. The van der Waals surface area contributed by atoms with E-state index in [2.05, 4.69) is 10.6 Å². The lowest BCUT2D eigenvalue weighted by molar-refractivity contribution is -0.137. The van der Waals surface area contributed by atoms with Crippen LogP contribution in [-0.4, -0.2) is 67.7 Å². The summed E-state index contributed by atoms with van der Waals surface area (Å²) in [5, 5.41) is 5.10. The predicted octanol–water partition coefficient (Wildman–Crippen LogP) is -1.08. The Morgan fingerprint density at radius 3 is 2.44 bits per heavy atom. The number of carbonyl (C=O) groups excluding carboxylic acids is 5. The highest BCUT2D eigenvalue weighted by molar-refractivity contribution is 6.13. The molecular weight excluding hydrogens is 330 g/mol. The predicted molar refractivity (Wildman–Crippen MR) is 87.2 cm³/mol. The summed E-state index contributed by atoms with van der Waals surface area (Å²) in [6.07, 6.45) is 4.27. The van der Waals surface area contributed by atoms with Gasteiger partial charge in [-0.05, 0) is 6.42 Å². The maximum Gasteiger partial charge on any atom is 0.253 e. The number of imide groups is 1. The minimum absolute atomic E-state index is 0.0342. The van der Waals surface area contributed by atoms with Crippen LogP contribution in [0.25, 0.3) is 0 Å². The Hall–Kier alpha value is -2.55. The van der Waals surface area contributed by atoms with Crippen LogP contribution in [0.15, 0.2) is 12.2 Å². The molecule has 1 aliphatic rings. The van der Waals surface area contributed by atoms with E-state index in [4.69, 9.17) is 4.74 Å². The normalized spacial score (nSPS) is 13.2. The Morgan fingerprint density at radius 1 is 1.04 bits per heavy atom. The number of rotatable bonds is 14. The minimum Gasteiger partial charge on any atom is -0.379 e. The number of ketones is 1. The Kier molecular flexibility index (Phi) is 9.76. The van der Waals surface area contributed by atoms with Gasteiger partial charge in [0.25, 0.3) is 11.8 Å². The fourth-order valence-electron chi connectivity index (χ4n) is 2.08. The molecule has 9 heteroatoms. The average molecular weight is 353 g/mol. The molecular formula is C16H23N3O6. The molecule has 0 fully saturated rings. The van der Waals surface area contributed by atoms with Crippen LogP contribution in [0, 0.1) is 0 Å². The standard InChI is InChI=1S/C16H23N3O6/c20-12-17-7-1-2-13(21)6-10-25-11-8-18-14(22)5-9-19-15(23)3-4-16(19)24/h3-4,12H,1-2,5-11H2,(H,17,20)(H,18,22). The third kappa shape index (κ3) is 8.75. The zero-order chi connectivity index (χ0) is 18.5. The monoisotopic (exact) mass is 353 g/mol. The van der Waals surface area contributed by atoms with Crippen LogP contribution in [-0.2, 0) is 28.7 Å². The van der Waals surface area contributed by atoms with Crippen LogP contribution in [0.5, 0.6) is 0 Å². The molecule has 0 bridgehead atoms. The molecule has 25 heavy (non-hydrogen) atoms. The van der Waals surface area contributed by atoms with Crippen molar-refractivity contribution in [2.24, 2.45) is 0 Å². The number of hydrogen-bond donors (Lipinski definition) is 2. The second-order valence-corrected chi connectivity index (χ2v) is 5.34. The molecule has 1 rings (SSSR count). The van der Waals surface area contributed by atoms with E-state index < -0.39 is 11.8 Å². The van der Waals surface area contributed by atoms with Crippen molar-refractivity contribution in [3.63, 3.8) is 0 Å². The number of amides is 4. The highest BCUT2D eigenvalue weighted by Gasteiger charge is 2.23. The van der Waals surface area contributed by atoms with E-state index >= 15 is 0 Å². The smallest absolute Gasteiger partial charge is 0.253 e. The van der Waals surface area contributed by atoms with Crippen molar-refractivity contribution in [3.8, 4) is 0 Å². The highest BCUT2D eigenvalue weighted by atomic mass is 16.5. The molecule has 0 unspecified atom stereocenters. The second-order valence-electron chi connectivity index (χ2n) is 5.34. The van der Waals surface area contributed by atoms with Crippen molar-refractivity contribution in [1.82, 2.24) is 15.5 Å². The summed E-state index contributed by atoms with van der Waals surface area (Å²) in [6, 6.07) is 0. The van der Waals surface area contributed by atoms with Gasteiger partial charge in [-0.1, -0.05) is 0 Å². The fraction of sp³-hybridized carbons (Fsp3) is 0.562. The van der Waals surface area contributed by atoms with Gasteiger partial charge in [0.15, 0.2) is 0 Å². The topological polar surface area (TPSA) is 122 Å². The van der Waals surface area contributed by atoms with Gasteiger partial charge in [0.2, 0.25) is 12.3 Å². The van der Waals surface area contributed by atoms with Gasteiger partial charge >= 0.3 is 0 Å². The molecule has 0 aromatic heterocycles. The highest BCUT2D eigenvalue weighted by Crippen LogP contribution is 2.03. The van der Waals surface area contributed by atoms with Crippen molar-refractivity contribution in [1.29, 1.82) is 0 Å². The molecule has 0 spiro atoms. The molecule has 9 nitrogen and oxygen atoms in total.